The van der Waals surface area contributed by atoms with Gasteiger partial charge < -0.3 is 0 Å². The van der Waals surface area contributed by atoms with Gasteiger partial charge in [0.1, 0.15) is 0 Å². The van der Waals surface area contributed by atoms with Gasteiger partial charge in [-0.15, -0.1) is 0 Å². The Balaban J connectivity index is 0.000000581. The lowest BCUT2D eigenvalue weighted by Gasteiger charge is -2.04. The van der Waals surface area contributed by atoms with E-state index < -0.39 is 0 Å². The summed E-state index contributed by atoms with van der Waals surface area (Å²) in [5, 5.41) is 1.03. The van der Waals surface area contributed by atoms with Crippen LogP contribution in [-0.2, 0) is 7.05 Å². The van der Waals surface area contributed by atoms with Crippen molar-refractivity contribution in [1.29, 1.82) is 0 Å². The molecule has 0 radical (unpaired) electrons. The van der Waals surface area contributed by atoms with Crippen LogP contribution >= 0.6 is 0 Å². The first-order valence-electron chi connectivity index (χ1n) is 6.12. The van der Waals surface area contributed by atoms with Crippen molar-refractivity contribution >= 4 is 10.9 Å². The molecule has 0 unspecified atom stereocenters. The molecule has 94 valence electrons. The third-order valence-corrected chi connectivity index (χ3v) is 2.21. The maximum Gasteiger partial charge on any atom is 0.348 e. The van der Waals surface area contributed by atoms with E-state index in [0.29, 0.717) is 0 Å². The maximum absolute atomic E-state index is 11.3. The van der Waals surface area contributed by atoms with Crippen LogP contribution in [0.2, 0.25) is 0 Å². The zero-order chi connectivity index (χ0) is 13.4. The van der Waals surface area contributed by atoms with E-state index in [4.69, 9.17) is 0 Å². The number of hydrogen-bond acceptors (Lipinski definition) is 2. The summed E-state index contributed by atoms with van der Waals surface area (Å²) in [4.78, 5) is 15.2. The largest absolute Gasteiger partial charge is 0.348 e. The van der Waals surface area contributed by atoms with Gasteiger partial charge in [-0.3, -0.25) is 4.57 Å². The SMILES string of the molecule is CC.CC.Cc1nc(=O)n(C)c2ccccc12. The van der Waals surface area contributed by atoms with E-state index in [2.05, 4.69) is 4.98 Å². The smallest absolute Gasteiger partial charge is 0.295 e. The topological polar surface area (TPSA) is 34.9 Å². The van der Waals surface area contributed by atoms with Gasteiger partial charge in [0.2, 0.25) is 0 Å². The first-order valence-corrected chi connectivity index (χ1v) is 6.12. The molecule has 0 amide bonds. The monoisotopic (exact) mass is 234 g/mol. The van der Waals surface area contributed by atoms with Gasteiger partial charge in [-0.25, -0.2) is 4.79 Å². The molecule has 0 aliphatic carbocycles. The van der Waals surface area contributed by atoms with Gasteiger partial charge in [0.15, 0.2) is 0 Å². The molecular weight excluding hydrogens is 212 g/mol. The Bertz CT molecular complexity index is 515. The molecule has 0 N–H and O–H groups in total. The van der Waals surface area contributed by atoms with E-state index in [1.807, 2.05) is 58.9 Å². The molecule has 2 aromatic rings. The first-order chi connectivity index (χ1) is 8.20. The highest BCUT2D eigenvalue weighted by atomic mass is 16.1. The normalized spacial score (nSPS) is 8.82. The van der Waals surface area contributed by atoms with E-state index in [1.54, 1.807) is 11.6 Å². The highest BCUT2D eigenvalue weighted by Gasteiger charge is 2.02. The molecule has 3 nitrogen and oxygen atoms in total. The quantitative estimate of drug-likeness (QED) is 0.701. The Morgan fingerprint density at radius 3 is 2.18 bits per heavy atom. The average molecular weight is 234 g/mol. The molecule has 1 aromatic heterocycles. The fraction of sp³-hybridized carbons (Fsp3) is 0.429. The lowest BCUT2D eigenvalue weighted by Crippen LogP contribution is -2.21. The molecule has 1 heterocycles. The third-order valence-electron chi connectivity index (χ3n) is 2.21. The zero-order valence-corrected chi connectivity index (χ0v) is 11.6. The minimum Gasteiger partial charge on any atom is -0.295 e. The minimum absolute atomic E-state index is 0.198. The van der Waals surface area contributed by atoms with Crippen molar-refractivity contribution < 1.29 is 0 Å². The van der Waals surface area contributed by atoms with Gasteiger partial charge in [-0.1, -0.05) is 45.9 Å². The average Bonchev–Trinajstić information content (AvgIpc) is 2.41. The molecule has 17 heavy (non-hydrogen) atoms. The van der Waals surface area contributed by atoms with Crippen LogP contribution in [-0.4, -0.2) is 9.55 Å². The Hall–Kier alpha value is -1.64. The molecule has 0 spiro atoms. The van der Waals surface area contributed by atoms with E-state index in [9.17, 15) is 4.79 Å². The predicted molar refractivity (Wildman–Crippen MR) is 74.4 cm³/mol. The number of hydrogen-bond donors (Lipinski definition) is 0. The van der Waals surface area contributed by atoms with Gasteiger partial charge in [0, 0.05) is 12.4 Å². The van der Waals surface area contributed by atoms with Crippen molar-refractivity contribution in [1.82, 2.24) is 9.55 Å². The summed E-state index contributed by atoms with van der Waals surface area (Å²) in [7, 11) is 1.73. The number of nitrogens with zero attached hydrogens (tertiary/aromatic N) is 2. The Morgan fingerprint density at radius 2 is 1.59 bits per heavy atom. The summed E-state index contributed by atoms with van der Waals surface area (Å²) >= 11 is 0. The molecule has 1 aromatic carbocycles. The fourth-order valence-electron chi connectivity index (χ4n) is 1.45. The van der Waals surface area contributed by atoms with Crippen LogP contribution < -0.4 is 5.69 Å². The van der Waals surface area contributed by atoms with E-state index in [0.717, 1.165) is 16.6 Å². The molecule has 0 bridgehead atoms. The van der Waals surface area contributed by atoms with Crippen LogP contribution in [0.5, 0.6) is 0 Å². The van der Waals surface area contributed by atoms with Crippen LogP contribution in [0.3, 0.4) is 0 Å². The number of aryl methyl sites for hydroxylation is 2. The Kier molecular flexibility index (Phi) is 6.87. The summed E-state index contributed by atoms with van der Waals surface area (Å²) in [6.45, 7) is 9.85. The van der Waals surface area contributed by atoms with Crippen LogP contribution in [0.1, 0.15) is 33.4 Å². The van der Waals surface area contributed by atoms with E-state index in [1.165, 1.54) is 0 Å². The number of fused-ring (bicyclic) bond motifs is 1. The summed E-state index contributed by atoms with van der Waals surface area (Å²) in [6, 6.07) is 7.76. The number of aromatic nitrogens is 2. The molecule has 3 heteroatoms. The molecule has 0 aliphatic rings. The number of para-hydroxylation sites is 1. The molecular formula is C14H22N2O. The molecule has 0 fully saturated rings. The van der Waals surface area contributed by atoms with Gasteiger partial charge in [0.25, 0.3) is 0 Å². The number of rotatable bonds is 0. The van der Waals surface area contributed by atoms with Crippen molar-refractivity contribution in [3.63, 3.8) is 0 Å². The lowest BCUT2D eigenvalue weighted by molar-refractivity contribution is 0.842. The first kappa shape index (κ1) is 15.4. The van der Waals surface area contributed by atoms with Crippen LogP contribution in [0.15, 0.2) is 29.1 Å². The zero-order valence-electron chi connectivity index (χ0n) is 11.6. The predicted octanol–water partition coefficient (Wildman–Crippen LogP) is 3.29. The summed E-state index contributed by atoms with van der Waals surface area (Å²) in [5.41, 5.74) is 1.52. The standard InChI is InChI=1S/C10H10N2O.2C2H6/c1-7-8-5-3-4-6-9(8)12(2)10(13)11-7;2*1-2/h3-6H,1-2H3;2*1-2H3. The fourth-order valence-corrected chi connectivity index (χ4v) is 1.45. The van der Waals surface area contributed by atoms with E-state index in [-0.39, 0.29) is 5.69 Å². The van der Waals surface area contributed by atoms with Gasteiger partial charge in [-0.05, 0) is 13.0 Å². The van der Waals surface area contributed by atoms with Gasteiger partial charge >= 0.3 is 5.69 Å². The van der Waals surface area contributed by atoms with Crippen LogP contribution in [0.4, 0.5) is 0 Å². The van der Waals surface area contributed by atoms with Crippen LogP contribution in [0, 0.1) is 6.92 Å². The molecule has 0 atom stereocenters. The Morgan fingerprint density at radius 1 is 1.06 bits per heavy atom. The van der Waals surface area contributed by atoms with Gasteiger partial charge in [0.05, 0.1) is 11.2 Å². The minimum atomic E-state index is -0.198. The van der Waals surface area contributed by atoms with Crippen molar-refractivity contribution in [3.8, 4) is 0 Å². The lowest BCUT2D eigenvalue weighted by atomic mass is 10.2. The van der Waals surface area contributed by atoms with Gasteiger partial charge in [-0.2, -0.15) is 4.98 Å². The molecule has 0 aliphatic heterocycles. The second-order valence-electron chi connectivity index (χ2n) is 3.06. The second-order valence-corrected chi connectivity index (χ2v) is 3.06. The molecule has 0 saturated heterocycles. The highest BCUT2D eigenvalue weighted by molar-refractivity contribution is 5.80. The second kappa shape index (κ2) is 7.60. The maximum atomic E-state index is 11.3. The van der Waals surface area contributed by atoms with Crippen molar-refractivity contribution in [3.05, 3.63) is 40.4 Å². The summed E-state index contributed by atoms with van der Waals surface area (Å²) in [5.74, 6) is 0. The van der Waals surface area contributed by atoms with E-state index >= 15 is 0 Å². The van der Waals surface area contributed by atoms with Crippen molar-refractivity contribution in [2.45, 2.75) is 34.6 Å². The van der Waals surface area contributed by atoms with Crippen molar-refractivity contribution in [2.24, 2.45) is 7.05 Å². The summed E-state index contributed by atoms with van der Waals surface area (Å²) in [6.07, 6.45) is 0. The third kappa shape index (κ3) is 3.41. The summed E-state index contributed by atoms with van der Waals surface area (Å²) < 4.78 is 1.56. The highest BCUT2D eigenvalue weighted by Crippen LogP contribution is 2.12. The number of benzene rings is 1. The molecule has 0 saturated carbocycles. The van der Waals surface area contributed by atoms with Crippen molar-refractivity contribution in [2.75, 3.05) is 0 Å². The van der Waals surface area contributed by atoms with Crippen LogP contribution in [0.25, 0.3) is 10.9 Å². The Labute approximate surface area is 103 Å². The molecule has 2 rings (SSSR count).